The van der Waals surface area contributed by atoms with Crippen LogP contribution in [0.2, 0.25) is 0 Å². The van der Waals surface area contributed by atoms with Crippen molar-refractivity contribution in [2.24, 2.45) is 5.92 Å². The van der Waals surface area contributed by atoms with Crippen LogP contribution in [0, 0.1) is 17.2 Å². The fourth-order valence-electron chi connectivity index (χ4n) is 2.64. The summed E-state index contributed by atoms with van der Waals surface area (Å²) in [5.41, 5.74) is 1.41. The lowest BCUT2D eigenvalue weighted by Crippen LogP contribution is -2.37. The molecule has 0 radical (unpaired) electrons. The van der Waals surface area contributed by atoms with Gasteiger partial charge in [-0.2, -0.15) is 5.26 Å². The average molecular weight is 257 g/mol. The van der Waals surface area contributed by atoms with Gasteiger partial charge in [-0.15, -0.1) is 0 Å². The quantitative estimate of drug-likeness (QED) is 0.795. The number of nitriles is 1. The summed E-state index contributed by atoms with van der Waals surface area (Å²) in [7, 11) is 0. The molecule has 1 saturated heterocycles. The summed E-state index contributed by atoms with van der Waals surface area (Å²) < 4.78 is 0. The maximum Gasteiger partial charge on any atom is 0.0635 e. The Balaban J connectivity index is 1.64. The molecule has 0 unspecified atom stereocenters. The van der Waals surface area contributed by atoms with Gasteiger partial charge >= 0.3 is 0 Å². The molecule has 0 aromatic heterocycles. The topological polar surface area (TPSA) is 39.1 Å². The van der Waals surface area contributed by atoms with Crippen LogP contribution < -0.4 is 5.32 Å². The third-order valence-electron chi connectivity index (χ3n) is 3.80. The molecule has 1 aliphatic heterocycles. The molecule has 1 aromatic carbocycles. The number of hydrogen-bond donors (Lipinski definition) is 1. The van der Waals surface area contributed by atoms with Crippen LogP contribution in [0.4, 0.5) is 0 Å². The van der Waals surface area contributed by atoms with E-state index in [1.165, 1.54) is 31.5 Å². The predicted octanol–water partition coefficient (Wildman–Crippen LogP) is 2.40. The molecule has 1 N–H and O–H groups in total. The second-order valence-corrected chi connectivity index (χ2v) is 5.32. The van der Waals surface area contributed by atoms with Gasteiger partial charge in [-0.25, -0.2) is 0 Å². The number of hydrogen-bond acceptors (Lipinski definition) is 3. The molecular weight excluding hydrogens is 234 g/mol. The first-order valence-corrected chi connectivity index (χ1v) is 7.22. The lowest BCUT2D eigenvalue weighted by Gasteiger charge is -2.32. The van der Waals surface area contributed by atoms with Crippen LogP contribution in [0.3, 0.4) is 0 Å². The number of piperidine rings is 1. The molecule has 1 fully saturated rings. The van der Waals surface area contributed by atoms with E-state index in [0.29, 0.717) is 6.42 Å². The Labute approximate surface area is 116 Å². The Kier molecular flexibility index (Phi) is 5.87. The van der Waals surface area contributed by atoms with E-state index >= 15 is 0 Å². The van der Waals surface area contributed by atoms with Gasteiger partial charge in [0.2, 0.25) is 0 Å². The van der Waals surface area contributed by atoms with Gasteiger partial charge in [-0.1, -0.05) is 30.3 Å². The van der Waals surface area contributed by atoms with Crippen molar-refractivity contribution in [2.45, 2.75) is 25.8 Å². The zero-order valence-electron chi connectivity index (χ0n) is 11.5. The zero-order valence-corrected chi connectivity index (χ0v) is 11.5. The van der Waals surface area contributed by atoms with Gasteiger partial charge in [-0.3, -0.25) is 4.90 Å². The number of nitrogens with one attached hydrogen (secondary N) is 1. The highest BCUT2D eigenvalue weighted by Gasteiger charge is 2.18. The molecule has 1 aromatic rings. The van der Waals surface area contributed by atoms with E-state index in [-0.39, 0.29) is 0 Å². The standard InChI is InChI=1S/C16H23N3/c17-9-4-10-18-13-15-7-11-19(12-8-15)14-16-5-2-1-3-6-16/h1-3,5-6,15,18H,4,7-8,10-14H2. The van der Waals surface area contributed by atoms with Crippen LogP contribution in [0.25, 0.3) is 0 Å². The van der Waals surface area contributed by atoms with Crippen LogP contribution in [0.15, 0.2) is 30.3 Å². The van der Waals surface area contributed by atoms with Crippen molar-refractivity contribution in [1.29, 1.82) is 5.26 Å². The second kappa shape index (κ2) is 7.93. The minimum Gasteiger partial charge on any atom is -0.315 e. The fraction of sp³-hybridized carbons (Fsp3) is 0.562. The van der Waals surface area contributed by atoms with Gasteiger partial charge in [0.1, 0.15) is 0 Å². The van der Waals surface area contributed by atoms with E-state index in [2.05, 4.69) is 46.6 Å². The second-order valence-electron chi connectivity index (χ2n) is 5.32. The minimum absolute atomic E-state index is 0.618. The summed E-state index contributed by atoms with van der Waals surface area (Å²) in [5, 5.41) is 11.9. The first-order valence-electron chi connectivity index (χ1n) is 7.22. The third kappa shape index (κ3) is 5.02. The van der Waals surface area contributed by atoms with Crippen molar-refractivity contribution in [1.82, 2.24) is 10.2 Å². The highest BCUT2D eigenvalue weighted by atomic mass is 15.1. The molecule has 0 bridgehead atoms. The number of nitrogens with zero attached hydrogens (tertiary/aromatic N) is 2. The SMILES string of the molecule is N#CCCNCC1CCN(Cc2ccccc2)CC1. The first kappa shape index (κ1) is 14.0. The molecule has 0 aliphatic carbocycles. The van der Waals surface area contributed by atoms with E-state index < -0.39 is 0 Å². The molecule has 0 spiro atoms. The highest BCUT2D eigenvalue weighted by molar-refractivity contribution is 5.14. The molecule has 3 nitrogen and oxygen atoms in total. The van der Waals surface area contributed by atoms with Crippen molar-refractivity contribution in [2.75, 3.05) is 26.2 Å². The zero-order chi connectivity index (χ0) is 13.3. The third-order valence-corrected chi connectivity index (χ3v) is 3.80. The first-order chi connectivity index (χ1) is 9.38. The maximum atomic E-state index is 8.48. The molecule has 0 amide bonds. The van der Waals surface area contributed by atoms with Crippen molar-refractivity contribution in [3.63, 3.8) is 0 Å². The smallest absolute Gasteiger partial charge is 0.0635 e. The lowest BCUT2D eigenvalue weighted by molar-refractivity contribution is 0.175. The van der Waals surface area contributed by atoms with Crippen LogP contribution in [-0.2, 0) is 6.54 Å². The highest BCUT2D eigenvalue weighted by Crippen LogP contribution is 2.18. The summed E-state index contributed by atoms with van der Waals surface area (Å²) in [5.74, 6) is 0.783. The van der Waals surface area contributed by atoms with Crippen molar-refractivity contribution >= 4 is 0 Å². The Hall–Kier alpha value is -1.37. The van der Waals surface area contributed by atoms with E-state index in [9.17, 15) is 0 Å². The van der Waals surface area contributed by atoms with Gasteiger partial charge in [-0.05, 0) is 44.0 Å². The normalized spacial score (nSPS) is 17.2. The van der Waals surface area contributed by atoms with Gasteiger partial charge in [0.15, 0.2) is 0 Å². The van der Waals surface area contributed by atoms with E-state index in [4.69, 9.17) is 5.26 Å². The van der Waals surface area contributed by atoms with Crippen molar-refractivity contribution in [3.05, 3.63) is 35.9 Å². The van der Waals surface area contributed by atoms with Gasteiger partial charge in [0.25, 0.3) is 0 Å². The Bertz CT molecular complexity index is 388. The molecule has 0 atom stereocenters. The van der Waals surface area contributed by atoms with Crippen LogP contribution >= 0.6 is 0 Å². The lowest BCUT2D eigenvalue weighted by atomic mass is 9.96. The van der Waals surface area contributed by atoms with E-state index in [0.717, 1.165) is 25.6 Å². The molecule has 0 saturated carbocycles. The summed E-state index contributed by atoms with van der Waals surface area (Å²) in [6.45, 7) is 5.37. The predicted molar refractivity (Wildman–Crippen MR) is 77.5 cm³/mol. The average Bonchev–Trinajstić information content (AvgIpc) is 2.46. The van der Waals surface area contributed by atoms with Gasteiger partial charge in [0.05, 0.1) is 6.07 Å². The largest absolute Gasteiger partial charge is 0.315 e. The van der Waals surface area contributed by atoms with Gasteiger partial charge in [0, 0.05) is 19.5 Å². The van der Waals surface area contributed by atoms with Gasteiger partial charge < -0.3 is 5.32 Å². The summed E-state index contributed by atoms with van der Waals surface area (Å²) in [4.78, 5) is 2.54. The Morgan fingerprint density at radius 3 is 2.63 bits per heavy atom. The van der Waals surface area contributed by atoms with Crippen LogP contribution in [0.1, 0.15) is 24.8 Å². The molecule has 3 heteroatoms. The Morgan fingerprint density at radius 1 is 1.21 bits per heavy atom. The Morgan fingerprint density at radius 2 is 1.95 bits per heavy atom. The molecule has 102 valence electrons. The van der Waals surface area contributed by atoms with Crippen molar-refractivity contribution < 1.29 is 0 Å². The number of rotatable bonds is 6. The number of likely N-dealkylation sites (tertiary alicyclic amines) is 1. The summed E-state index contributed by atoms with van der Waals surface area (Å²) >= 11 is 0. The van der Waals surface area contributed by atoms with E-state index in [1.807, 2.05) is 0 Å². The summed E-state index contributed by atoms with van der Waals surface area (Å²) in [6, 6.07) is 12.9. The summed E-state index contributed by atoms with van der Waals surface area (Å²) in [6.07, 6.45) is 3.16. The molecule has 1 heterocycles. The minimum atomic E-state index is 0.618. The monoisotopic (exact) mass is 257 g/mol. The molecule has 1 aliphatic rings. The van der Waals surface area contributed by atoms with Crippen LogP contribution in [0.5, 0.6) is 0 Å². The van der Waals surface area contributed by atoms with Crippen LogP contribution in [-0.4, -0.2) is 31.1 Å². The molecule has 19 heavy (non-hydrogen) atoms. The number of benzene rings is 1. The fourth-order valence-corrected chi connectivity index (χ4v) is 2.64. The maximum absolute atomic E-state index is 8.48. The van der Waals surface area contributed by atoms with Crippen molar-refractivity contribution in [3.8, 4) is 6.07 Å². The molecule has 2 rings (SSSR count). The van der Waals surface area contributed by atoms with E-state index in [1.54, 1.807) is 0 Å². The molecular formula is C16H23N3.